The summed E-state index contributed by atoms with van der Waals surface area (Å²) in [5, 5.41) is 7.36. The maximum atomic E-state index is 13.3. The van der Waals surface area contributed by atoms with E-state index < -0.39 is 0 Å². The van der Waals surface area contributed by atoms with Crippen LogP contribution in [0.15, 0.2) is 51.4 Å². The van der Waals surface area contributed by atoms with E-state index in [2.05, 4.69) is 48.6 Å². The lowest BCUT2D eigenvalue weighted by molar-refractivity contribution is -0.127. The molecule has 3 rings (SSSR count). The minimum atomic E-state index is -0.211. The number of halogens is 3. The van der Waals surface area contributed by atoms with Crippen molar-refractivity contribution in [2.45, 2.75) is 38.1 Å². The van der Waals surface area contributed by atoms with Gasteiger partial charge in [-0.15, -0.1) is 0 Å². The Bertz CT molecular complexity index is 832. The first kappa shape index (κ1) is 21.8. The van der Waals surface area contributed by atoms with E-state index in [0.29, 0.717) is 0 Å². The zero-order valence-corrected chi connectivity index (χ0v) is 20.0. The number of carbonyl (C=O) groups is 1. The van der Waals surface area contributed by atoms with Gasteiger partial charge >= 0.3 is 0 Å². The van der Waals surface area contributed by atoms with Gasteiger partial charge in [0.2, 0.25) is 5.91 Å². The van der Waals surface area contributed by atoms with E-state index in [4.69, 9.17) is 11.6 Å². The molecule has 1 fully saturated rings. The Hall–Kier alpha value is -0.880. The van der Waals surface area contributed by atoms with E-state index in [1.807, 2.05) is 50.2 Å². The van der Waals surface area contributed by atoms with Crippen molar-refractivity contribution in [3.05, 3.63) is 67.6 Å². The fourth-order valence-electron chi connectivity index (χ4n) is 4.14. The molecular weight excluding hydrogens is 504 g/mol. The van der Waals surface area contributed by atoms with Crippen molar-refractivity contribution in [3.63, 3.8) is 0 Å². The minimum absolute atomic E-state index is 0.0745. The Balaban J connectivity index is 1.84. The molecule has 1 heterocycles. The van der Waals surface area contributed by atoms with Gasteiger partial charge in [0.1, 0.15) is 0 Å². The van der Waals surface area contributed by atoms with Gasteiger partial charge in [-0.2, -0.15) is 0 Å². The predicted molar refractivity (Wildman–Crippen MR) is 123 cm³/mol. The summed E-state index contributed by atoms with van der Waals surface area (Å²) in [7, 11) is 0. The number of amides is 1. The molecule has 1 aliphatic heterocycles. The molecule has 2 aromatic rings. The molecule has 0 spiro atoms. The molecule has 0 aliphatic carbocycles. The smallest absolute Gasteiger partial charge is 0.224 e. The zero-order valence-electron chi connectivity index (χ0n) is 16.1. The van der Waals surface area contributed by atoms with Crippen molar-refractivity contribution in [2.24, 2.45) is 5.92 Å². The van der Waals surface area contributed by atoms with E-state index >= 15 is 0 Å². The number of rotatable bonds is 5. The first-order valence-electron chi connectivity index (χ1n) is 9.55. The second kappa shape index (κ2) is 9.29. The van der Waals surface area contributed by atoms with Crippen LogP contribution in [0.4, 0.5) is 0 Å². The highest BCUT2D eigenvalue weighted by Gasteiger charge is 2.42. The summed E-state index contributed by atoms with van der Waals surface area (Å²) in [4.78, 5) is 13.3. The summed E-state index contributed by atoms with van der Waals surface area (Å²) < 4.78 is 1.97. The Labute approximate surface area is 188 Å². The molecule has 3 nitrogen and oxygen atoms in total. The first-order valence-corrected chi connectivity index (χ1v) is 11.5. The van der Waals surface area contributed by atoms with Gasteiger partial charge < -0.3 is 10.6 Å². The average Bonchev–Trinajstić information content (AvgIpc) is 2.67. The molecular formula is C22H25Br2ClN2O. The van der Waals surface area contributed by atoms with Gasteiger partial charge in [0.25, 0.3) is 0 Å². The highest BCUT2D eigenvalue weighted by atomic mass is 79.9. The lowest BCUT2D eigenvalue weighted by atomic mass is 9.65. The second-order valence-corrected chi connectivity index (χ2v) is 9.84. The molecule has 1 aliphatic rings. The maximum Gasteiger partial charge on any atom is 0.224 e. The Morgan fingerprint density at radius 3 is 2.36 bits per heavy atom. The van der Waals surface area contributed by atoms with Gasteiger partial charge in [-0.05, 0) is 74.3 Å². The van der Waals surface area contributed by atoms with Crippen LogP contribution in [0.1, 0.15) is 43.9 Å². The molecule has 2 aromatic carbocycles. The van der Waals surface area contributed by atoms with Crippen molar-refractivity contribution in [3.8, 4) is 0 Å². The number of benzene rings is 2. The molecule has 2 N–H and O–H groups in total. The first-order chi connectivity index (χ1) is 13.3. The molecule has 0 bridgehead atoms. The average molecular weight is 529 g/mol. The van der Waals surface area contributed by atoms with Crippen molar-refractivity contribution in [1.29, 1.82) is 0 Å². The number of piperidine rings is 1. The van der Waals surface area contributed by atoms with Gasteiger partial charge in [-0.25, -0.2) is 0 Å². The number of hydrogen-bond donors (Lipinski definition) is 2. The van der Waals surface area contributed by atoms with Crippen molar-refractivity contribution >= 4 is 49.4 Å². The van der Waals surface area contributed by atoms with Gasteiger partial charge in [0.15, 0.2) is 0 Å². The van der Waals surface area contributed by atoms with Crippen molar-refractivity contribution in [2.75, 3.05) is 13.1 Å². The summed E-state index contributed by atoms with van der Waals surface area (Å²) in [5.41, 5.74) is 2.00. The highest BCUT2D eigenvalue weighted by molar-refractivity contribution is 9.11. The SMILES string of the molecule is CC(NC(=O)C(C)C1(c2cccc(Cl)c2)CCNCC1)c1cc(Br)cc(Br)c1. The standard InChI is InChI=1S/C22H25Br2ClN2O/c1-14(21(28)27-15(2)16-10-18(23)13-19(24)11-16)22(6-8-26-9-7-22)17-4-3-5-20(25)12-17/h3-5,10-15,26H,6-9H2,1-2H3,(H,27,28). The summed E-state index contributed by atoms with van der Waals surface area (Å²) in [6, 6.07) is 14.0. The molecule has 0 saturated carbocycles. The van der Waals surface area contributed by atoms with E-state index in [1.54, 1.807) is 0 Å². The lowest BCUT2D eigenvalue weighted by Gasteiger charge is -2.42. The molecule has 28 heavy (non-hydrogen) atoms. The Morgan fingerprint density at radius 1 is 1.11 bits per heavy atom. The van der Waals surface area contributed by atoms with Gasteiger partial charge in [0, 0.05) is 25.3 Å². The lowest BCUT2D eigenvalue weighted by Crippen LogP contribution is -2.49. The number of hydrogen-bond acceptors (Lipinski definition) is 2. The molecule has 2 atom stereocenters. The number of nitrogens with one attached hydrogen (secondary N) is 2. The largest absolute Gasteiger partial charge is 0.349 e. The van der Waals surface area contributed by atoms with Crippen molar-refractivity contribution in [1.82, 2.24) is 10.6 Å². The van der Waals surface area contributed by atoms with Crippen LogP contribution in [0, 0.1) is 5.92 Å². The Kier molecular flexibility index (Phi) is 7.24. The third-order valence-electron chi connectivity index (χ3n) is 5.86. The molecule has 1 saturated heterocycles. The van der Waals surface area contributed by atoms with Crippen LogP contribution in [-0.2, 0) is 10.2 Å². The Morgan fingerprint density at radius 2 is 1.75 bits per heavy atom. The monoisotopic (exact) mass is 526 g/mol. The molecule has 2 unspecified atom stereocenters. The van der Waals surface area contributed by atoms with Gasteiger partial charge in [0.05, 0.1) is 6.04 Å². The maximum absolute atomic E-state index is 13.3. The van der Waals surface area contributed by atoms with E-state index in [1.165, 1.54) is 0 Å². The molecule has 0 radical (unpaired) electrons. The van der Waals surface area contributed by atoms with Crippen LogP contribution in [0.5, 0.6) is 0 Å². The predicted octanol–water partition coefficient (Wildman–Crippen LogP) is 6.00. The normalized spacial score (nSPS) is 18.3. The third kappa shape index (κ3) is 4.81. The van der Waals surface area contributed by atoms with Crippen LogP contribution in [0.25, 0.3) is 0 Å². The van der Waals surface area contributed by atoms with Crippen LogP contribution < -0.4 is 10.6 Å². The fourth-order valence-corrected chi connectivity index (χ4v) is 5.66. The van der Waals surface area contributed by atoms with E-state index in [9.17, 15) is 4.79 Å². The third-order valence-corrected chi connectivity index (χ3v) is 7.01. The topological polar surface area (TPSA) is 41.1 Å². The number of carbonyl (C=O) groups excluding carboxylic acids is 1. The highest BCUT2D eigenvalue weighted by Crippen LogP contribution is 2.41. The van der Waals surface area contributed by atoms with Crippen LogP contribution in [-0.4, -0.2) is 19.0 Å². The molecule has 1 amide bonds. The van der Waals surface area contributed by atoms with Crippen molar-refractivity contribution < 1.29 is 4.79 Å². The molecule has 150 valence electrons. The van der Waals surface area contributed by atoms with Gasteiger partial charge in [-0.3, -0.25) is 4.79 Å². The summed E-state index contributed by atoms with van der Waals surface area (Å²) >= 11 is 13.3. The summed E-state index contributed by atoms with van der Waals surface area (Å²) in [6.45, 7) is 5.87. The van der Waals surface area contributed by atoms with E-state index in [-0.39, 0.29) is 23.3 Å². The second-order valence-electron chi connectivity index (χ2n) is 7.57. The quantitative estimate of drug-likeness (QED) is 0.500. The minimum Gasteiger partial charge on any atom is -0.349 e. The fraction of sp³-hybridized carbons (Fsp3) is 0.409. The van der Waals surface area contributed by atoms with Crippen LogP contribution in [0.3, 0.4) is 0 Å². The van der Waals surface area contributed by atoms with Crippen LogP contribution in [0.2, 0.25) is 5.02 Å². The molecule has 0 aromatic heterocycles. The summed E-state index contributed by atoms with van der Waals surface area (Å²) in [5.74, 6) is -0.0865. The summed E-state index contributed by atoms with van der Waals surface area (Å²) in [6.07, 6.45) is 1.83. The molecule has 6 heteroatoms. The van der Waals surface area contributed by atoms with Gasteiger partial charge in [-0.1, -0.05) is 62.5 Å². The zero-order chi connectivity index (χ0) is 20.3. The van der Waals surface area contributed by atoms with Crippen LogP contribution >= 0.6 is 43.5 Å². The van der Waals surface area contributed by atoms with E-state index in [0.717, 1.165) is 51.0 Å².